The molecule has 0 spiro atoms. The third-order valence-corrected chi connectivity index (χ3v) is 4.14. The number of nitrogens with zero attached hydrogens (tertiary/aromatic N) is 2. The number of nitriles is 1. The molecule has 8 nitrogen and oxygen atoms in total. The molecule has 0 radical (unpaired) electrons. The van der Waals surface area contributed by atoms with Crippen molar-refractivity contribution in [1.29, 1.82) is 5.26 Å². The summed E-state index contributed by atoms with van der Waals surface area (Å²) in [6.45, 7) is 2.25. The first kappa shape index (κ1) is 20.0. The Bertz CT molecular complexity index is 920. The molecule has 0 unspecified atom stereocenters. The molecule has 2 aromatic carbocycles. The van der Waals surface area contributed by atoms with Gasteiger partial charge in [0.2, 0.25) is 6.79 Å². The third-order valence-electron chi connectivity index (χ3n) is 4.14. The van der Waals surface area contributed by atoms with E-state index in [1.54, 1.807) is 36.4 Å². The van der Waals surface area contributed by atoms with Crippen molar-refractivity contribution >= 4 is 17.6 Å². The first-order chi connectivity index (χ1) is 14.1. The number of esters is 1. The second-order valence-electron chi connectivity index (χ2n) is 6.02. The summed E-state index contributed by atoms with van der Waals surface area (Å²) in [6, 6.07) is 13.6. The zero-order chi connectivity index (χ0) is 20.6. The van der Waals surface area contributed by atoms with Gasteiger partial charge in [-0.2, -0.15) is 5.26 Å². The predicted molar refractivity (Wildman–Crippen MR) is 103 cm³/mol. The lowest BCUT2D eigenvalue weighted by atomic mass is 10.2. The van der Waals surface area contributed by atoms with Crippen LogP contribution in [0.2, 0.25) is 0 Å². The van der Waals surface area contributed by atoms with Gasteiger partial charge in [-0.3, -0.25) is 4.79 Å². The van der Waals surface area contributed by atoms with Crippen molar-refractivity contribution in [2.45, 2.75) is 13.3 Å². The standard InChI is InChI=1S/C21H20N2O6/c1-2-26-17-7-5-16(6-8-17)23(11-3-10-22)20(24)13-27-21(25)15-4-9-18-19(12-15)29-14-28-18/h4-9,12H,2-3,11,13-14H2,1H3. The Kier molecular flexibility index (Phi) is 6.53. The average molecular weight is 396 g/mol. The number of ether oxygens (including phenoxy) is 4. The Labute approximate surface area is 168 Å². The normalized spacial score (nSPS) is 11.4. The predicted octanol–water partition coefficient (Wildman–Crippen LogP) is 2.92. The highest BCUT2D eigenvalue weighted by atomic mass is 16.7. The molecule has 1 aliphatic rings. The molecule has 0 fully saturated rings. The highest BCUT2D eigenvalue weighted by Crippen LogP contribution is 2.32. The molecule has 29 heavy (non-hydrogen) atoms. The Morgan fingerprint density at radius 1 is 1.14 bits per heavy atom. The maximum atomic E-state index is 12.6. The molecular formula is C21H20N2O6. The van der Waals surface area contributed by atoms with Gasteiger partial charge >= 0.3 is 5.97 Å². The molecule has 0 saturated carbocycles. The van der Waals surface area contributed by atoms with Crippen LogP contribution < -0.4 is 19.1 Å². The minimum Gasteiger partial charge on any atom is -0.494 e. The number of carbonyl (C=O) groups is 2. The second kappa shape index (κ2) is 9.46. The number of carbonyl (C=O) groups excluding carboxylic acids is 2. The smallest absolute Gasteiger partial charge is 0.338 e. The van der Waals surface area contributed by atoms with Crippen molar-refractivity contribution in [1.82, 2.24) is 0 Å². The Morgan fingerprint density at radius 2 is 1.90 bits per heavy atom. The van der Waals surface area contributed by atoms with E-state index in [-0.39, 0.29) is 25.3 Å². The summed E-state index contributed by atoms with van der Waals surface area (Å²) in [5.41, 5.74) is 0.847. The molecule has 0 aliphatic carbocycles. The first-order valence-corrected chi connectivity index (χ1v) is 9.09. The molecule has 3 rings (SSSR count). The summed E-state index contributed by atoms with van der Waals surface area (Å²) >= 11 is 0. The Morgan fingerprint density at radius 3 is 2.62 bits per heavy atom. The van der Waals surface area contributed by atoms with Crippen LogP contribution in [0, 0.1) is 11.3 Å². The molecule has 1 amide bonds. The van der Waals surface area contributed by atoms with E-state index < -0.39 is 18.5 Å². The molecule has 0 aromatic heterocycles. The summed E-state index contributed by atoms with van der Waals surface area (Å²) in [7, 11) is 0. The van der Waals surface area contributed by atoms with E-state index in [1.807, 2.05) is 13.0 Å². The fourth-order valence-corrected chi connectivity index (χ4v) is 2.76. The van der Waals surface area contributed by atoms with Crippen LogP contribution in [0.15, 0.2) is 42.5 Å². The molecule has 0 bridgehead atoms. The topological polar surface area (TPSA) is 98.1 Å². The van der Waals surface area contributed by atoms with Crippen LogP contribution in [-0.2, 0) is 9.53 Å². The van der Waals surface area contributed by atoms with Gasteiger partial charge in [0.1, 0.15) is 5.75 Å². The van der Waals surface area contributed by atoms with Crippen LogP contribution in [0.3, 0.4) is 0 Å². The van der Waals surface area contributed by atoms with Crippen LogP contribution in [0.5, 0.6) is 17.2 Å². The van der Waals surface area contributed by atoms with Gasteiger partial charge in [0.05, 0.1) is 24.7 Å². The van der Waals surface area contributed by atoms with Crippen molar-refractivity contribution in [2.24, 2.45) is 0 Å². The van der Waals surface area contributed by atoms with E-state index in [0.29, 0.717) is 29.5 Å². The van der Waals surface area contributed by atoms with E-state index in [9.17, 15) is 9.59 Å². The number of fused-ring (bicyclic) bond motifs is 1. The summed E-state index contributed by atoms with van der Waals surface area (Å²) < 4.78 is 21.0. The quantitative estimate of drug-likeness (QED) is 0.633. The highest BCUT2D eigenvalue weighted by Gasteiger charge is 2.20. The molecule has 150 valence electrons. The zero-order valence-corrected chi connectivity index (χ0v) is 15.9. The minimum atomic E-state index is -0.649. The van der Waals surface area contributed by atoms with E-state index in [2.05, 4.69) is 0 Å². The van der Waals surface area contributed by atoms with Gasteiger partial charge in [-0.1, -0.05) is 0 Å². The fourth-order valence-electron chi connectivity index (χ4n) is 2.76. The van der Waals surface area contributed by atoms with E-state index in [4.69, 9.17) is 24.2 Å². The van der Waals surface area contributed by atoms with Crippen molar-refractivity contribution in [3.05, 3.63) is 48.0 Å². The molecule has 1 aliphatic heterocycles. The molecule has 0 N–H and O–H groups in total. The van der Waals surface area contributed by atoms with Crippen LogP contribution >= 0.6 is 0 Å². The second-order valence-corrected chi connectivity index (χ2v) is 6.02. The van der Waals surface area contributed by atoms with Gasteiger partial charge in [0, 0.05) is 12.2 Å². The van der Waals surface area contributed by atoms with Gasteiger partial charge in [-0.05, 0) is 49.4 Å². The van der Waals surface area contributed by atoms with Crippen molar-refractivity contribution in [3.8, 4) is 23.3 Å². The van der Waals surface area contributed by atoms with Crippen molar-refractivity contribution in [2.75, 3.05) is 31.5 Å². The Hall–Kier alpha value is -3.73. The third kappa shape index (κ3) is 4.96. The number of rotatable bonds is 8. The van der Waals surface area contributed by atoms with Crippen LogP contribution in [0.25, 0.3) is 0 Å². The summed E-state index contributed by atoms with van der Waals surface area (Å²) in [4.78, 5) is 26.3. The lowest BCUT2D eigenvalue weighted by Crippen LogP contribution is -2.35. The lowest BCUT2D eigenvalue weighted by molar-refractivity contribution is -0.121. The lowest BCUT2D eigenvalue weighted by Gasteiger charge is -2.22. The van der Waals surface area contributed by atoms with Gasteiger partial charge < -0.3 is 23.8 Å². The van der Waals surface area contributed by atoms with E-state index in [1.165, 1.54) is 11.0 Å². The SMILES string of the molecule is CCOc1ccc(N(CCC#N)C(=O)COC(=O)c2ccc3c(c2)OCO3)cc1. The fraction of sp³-hybridized carbons (Fsp3) is 0.286. The Balaban J connectivity index is 1.65. The first-order valence-electron chi connectivity index (χ1n) is 9.09. The zero-order valence-electron chi connectivity index (χ0n) is 15.9. The van der Waals surface area contributed by atoms with E-state index in [0.717, 1.165) is 0 Å². The molecule has 8 heteroatoms. The van der Waals surface area contributed by atoms with Gasteiger partial charge in [-0.15, -0.1) is 0 Å². The number of amides is 1. The monoisotopic (exact) mass is 396 g/mol. The number of hydrogen-bond donors (Lipinski definition) is 0. The molecule has 2 aromatic rings. The van der Waals surface area contributed by atoms with Crippen LogP contribution in [0.1, 0.15) is 23.7 Å². The summed E-state index contributed by atoms with van der Waals surface area (Å²) in [5.74, 6) is 0.604. The number of anilines is 1. The molecule has 0 saturated heterocycles. The van der Waals surface area contributed by atoms with Crippen molar-refractivity contribution < 1.29 is 28.5 Å². The molecule has 1 heterocycles. The van der Waals surface area contributed by atoms with Crippen molar-refractivity contribution in [3.63, 3.8) is 0 Å². The maximum Gasteiger partial charge on any atom is 0.338 e. The number of hydrogen-bond acceptors (Lipinski definition) is 7. The summed E-state index contributed by atoms with van der Waals surface area (Å²) in [6.07, 6.45) is 0.148. The van der Waals surface area contributed by atoms with Crippen LogP contribution in [0.4, 0.5) is 5.69 Å². The molecular weight excluding hydrogens is 376 g/mol. The highest BCUT2D eigenvalue weighted by molar-refractivity contribution is 5.97. The molecule has 0 atom stereocenters. The largest absolute Gasteiger partial charge is 0.494 e. The van der Waals surface area contributed by atoms with Crippen LogP contribution in [-0.4, -0.2) is 38.4 Å². The maximum absolute atomic E-state index is 12.6. The van der Waals surface area contributed by atoms with E-state index >= 15 is 0 Å². The minimum absolute atomic E-state index is 0.0995. The summed E-state index contributed by atoms with van der Waals surface area (Å²) in [5, 5.41) is 8.89. The average Bonchev–Trinajstić information content (AvgIpc) is 3.21. The van der Waals surface area contributed by atoms with Gasteiger partial charge in [-0.25, -0.2) is 4.79 Å². The van der Waals surface area contributed by atoms with Gasteiger partial charge in [0.15, 0.2) is 18.1 Å². The van der Waals surface area contributed by atoms with Gasteiger partial charge in [0.25, 0.3) is 5.91 Å². The number of benzene rings is 2.